The number of nitrogens with one attached hydrogen (secondary N) is 1. The fourth-order valence-corrected chi connectivity index (χ4v) is 3.20. The Morgan fingerprint density at radius 2 is 1.86 bits per heavy atom. The van der Waals surface area contributed by atoms with Crippen LogP contribution >= 0.6 is 0 Å². The first-order valence-electron chi connectivity index (χ1n) is 9.71. The van der Waals surface area contributed by atoms with Crippen molar-refractivity contribution in [3.63, 3.8) is 0 Å². The number of nitrogens with zero attached hydrogens (tertiary/aromatic N) is 3. The van der Waals surface area contributed by atoms with Crippen LogP contribution in [0.4, 0.5) is 5.82 Å². The van der Waals surface area contributed by atoms with Gasteiger partial charge in [0.2, 0.25) is 11.8 Å². The number of rotatable bonds is 8. The summed E-state index contributed by atoms with van der Waals surface area (Å²) in [5, 5.41) is 2.69. The summed E-state index contributed by atoms with van der Waals surface area (Å²) in [6.07, 6.45) is 2.45. The van der Waals surface area contributed by atoms with E-state index >= 15 is 0 Å². The normalized spacial score (nSPS) is 15.3. The molecule has 1 saturated heterocycles. The molecule has 1 fully saturated rings. The van der Waals surface area contributed by atoms with Crippen molar-refractivity contribution >= 4 is 23.6 Å². The van der Waals surface area contributed by atoms with Gasteiger partial charge in [0.15, 0.2) is 0 Å². The van der Waals surface area contributed by atoms with Crippen LogP contribution < -0.4 is 10.2 Å². The van der Waals surface area contributed by atoms with Crippen LogP contribution in [0.2, 0.25) is 0 Å². The number of methoxy groups -OCH3 is 1. The Kier molecular flexibility index (Phi) is 8.22. The molecular formula is C20H30N4O4. The van der Waals surface area contributed by atoms with E-state index in [4.69, 9.17) is 4.74 Å². The minimum atomic E-state index is -0.672. The molecule has 28 heavy (non-hydrogen) atoms. The first-order chi connectivity index (χ1) is 13.4. The fraction of sp³-hybridized carbons (Fsp3) is 0.600. The van der Waals surface area contributed by atoms with Gasteiger partial charge >= 0.3 is 5.97 Å². The number of esters is 1. The number of aromatic nitrogens is 1. The third-order valence-electron chi connectivity index (χ3n) is 4.70. The van der Waals surface area contributed by atoms with Crippen molar-refractivity contribution in [2.24, 2.45) is 5.92 Å². The van der Waals surface area contributed by atoms with Crippen molar-refractivity contribution in [1.82, 2.24) is 15.2 Å². The summed E-state index contributed by atoms with van der Waals surface area (Å²) in [5.41, 5.74) is 0. The lowest BCUT2D eigenvalue weighted by Gasteiger charge is -2.35. The van der Waals surface area contributed by atoms with Gasteiger partial charge in [-0.05, 0) is 24.5 Å². The molecule has 0 spiro atoms. The van der Waals surface area contributed by atoms with E-state index in [2.05, 4.69) is 15.2 Å². The molecule has 0 unspecified atom stereocenters. The maximum absolute atomic E-state index is 12.4. The SMILES string of the molecule is COC(=O)[C@H](CC(C)C)NC(=O)CCC(=O)N1CCN(c2ccccn2)CC1. The molecule has 2 heterocycles. The van der Waals surface area contributed by atoms with Gasteiger partial charge in [-0.2, -0.15) is 0 Å². The third kappa shape index (κ3) is 6.51. The molecule has 0 saturated carbocycles. The quantitative estimate of drug-likeness (QED) is 0.671. The first-order valence-corrected chi connectivity index (χ1v) is 9.71. The maximum Gasteiger partial charge on any atom is 0.328 e. The number of ether oxygens (including phenoxy) is 1. The van der Waals surface area contributed by atoms with Gasteiger partial charge in [0.05, 0.1) is 7.11 Å². The summed E-state index contributed by atoms with van der Waals surface area (Å²) in [6.45, 7) is 6.58. The number of carbonyl (C=O) groups excluding carboxylic acids is 3. The average Bonchev–Trinajstić information content (AvgIpc) is 2.71. The number of amides is 2. The predicted octanol–water partition coefficient (Wildman–Crippen LogP) is 1.21. The molecule has 1 atom stereocenters. The Hall–Kier alpha value is -2.64. The van der Waals surface area contributed by atoms with E-state index in [1.165, 1.54) is 7.11 Å². The zero-order chi connectivity index (χ0) is 20.5. The van der Waals surface area contributed by atoms with E-state index < -0.39 is 12.0 Å². The van der Waals surface area contributed by atoms with Crippen LogP contribution in [0.3, 0.4) is 0 Å². The van der Waals surface area contributed by atoms with E-state index in [1.54, 1.807) is 11.1 Å². The van der Waals surface area contributed by atoms with E-state index in [1.807, 2.05) is 32.0 Å². The zero-order valence-corrected chi connectivity index (χ0v) is 16.9. The van der Waals surface area contributed by atoms with Gasteiger partial charge in [-0.1, -0.05) is 19.9 Å². The summed E-state index contributed by atoms with van der Waals surface area (Å²) >= 11 is 0. The molecule has 154 valence electrons. The molecular weight excluding hydrogens is 360 g/mol. The molecule has 0 radical (unpaired) electrons. The van der Waals surface area contributed by atoms with Crippen molar-refractivity contribution in [3.8, 4) is 0 Å². The molecule has 8 nitrogen and oxygen atoms in total. The number of hydrogen-bond acceptors (Lipinski definition) is 6. The number of anilines is 1. The maximum atomic E-state index is 12.4. The van der Waals surface area contributed by atoms with Gasteiger partial charge in [-0.15, -0.1) is 0 Å². The van der Waals surface area contributed by atoms with Gasteiger partial charge in [-0.3, -0.25) is 9.59 Å². The molecule has 1 aromatic heterocycles. The van der Waals surface area contributed by atoms with Crippen LogP contribution in [0, 0.1) is 5.92 Å². The minimum absolute atomic E-state index is 0.0469. The summed E-state index contributed by atoms with van der Waals surface area (Å²) in [5.74, 6) is 0.333. The van der Waals surface area contributed by atoms with Gasteiger partial charge in [0.25, 0.3) is 0 Å². The monoisotopic (exact) mass is 390 g/mol. The van der Waals surface area contributed by atoms with Crippen LogP contribution in [0.25, 0.3) is 0 Å². The van der Waals surface area contributed by atoms with Crippen LogP contribution in [0.1, 0.15) is 33.1 Å². The van der Waals surface area contributed by atoms with E-state index in [9.17, 15) is 14.4 Å². The number of hydrogen-bond donors (Lipinski definition) is 1. The molecule has 1 N–H and O–H groups in total. The number of piperazine rings is 1. The van der Waals surface area contributed by atoms with Crippen LogP contribution in [0.5, 0.6) is 0 Å². The molecule has 2 rings (SSSR count). The summed E-state index contributed by atoms with van der Waals surface area (Å²) in [7, 11) is 1.30. The zero-order valence-electron chi connectivity index (χ0n) is 16.9. The topological polar surface area (TPSA) is 91.8 Å². The Balaban J connectivity index is 1.76. The largest absolute Gasteiger partial charge is 0.467 e. The van der Waals surface area contributed by atoms with Gasteiger partial charge < -0.3 is 19.9 Å². The van der Waals surface area contributed by atoms with Crippen molar-refractivity contribution in [2.75, 3.05) is 38.2 Å². The molecule has 1 aromatic rings. The summed E-state index contributed by atoms with van der Waals surface area (Å²) in [6, 6.07) is 5.10. The Morgan fingerprint density at radius 3 is 2.43 bits per heavy atom. The third-order valence-corrected chi connectivity index (χ3v) is 4.70. The van der Waals surface area contributed by atoms with Crippen molar-refractivity contribution < 1.29 is 19.1 Å². The van der Waals surface area contributed by atoms with Crippen molar-refractivity contribution in [2.45, 2.75) is 39.2 Å². The van der Waals surface area contributed by atoms with Crippen LogP contribution in [-0.4, -0.2) is 67.0 Å². The Bertz CT molecular complexity index is 657. The lowest BCUT2D eigenvalue weighted by molar-refractivity contribution is -0.145. The van der Waals surface area contributed by atoms with E-state index in [0.717, 1.165) is 5.82 Å². The lowest BCUT2D eigenvalue weighted by Crippen LogP contribution is -2.49. The smallest absolute Gasteiger partial charge is 0.328 e. The lowest BCUT2D eigenvalue weighted by atomic mass is 10.0. The highest BCUT2D eigenvalue weighted by Gasteiger charge is 2.25. The highest BCUT2D eigenvalue weighted by Crippen LogP contribution is 2.13. The summed E-state index contributed by atoms with van der Waals surface area (Å²) < 4.78 is 4.74. The second-order valence-corrected chi connectivity index (χ2v) is 7.33. The molecule has 0 bridgehead atoms. The van der Waals surface area contributed by atoms with Gasteiger partial charge in [0, 0.05) is 45.2 Å². The molecule has 2 amide bonds. The van der Waals surface area contributed by atoms with Crippen molar-refractivity contribution in [3.05, 3.63) is 24.4 Å². The van der Waals surface area contributed by atoms with Gasteiger partial charge in [-0.25, -0.2) is 9.78 Å². The highest BCUT2D eigenvalue weighted by molar-refractivity contribution is 5.87. The standard InChI is InChI=1S/C20H30N4O4/c1-15(2)14-16(20(27)28-3)22-18(25)7-8-19(26)24-12-10-23(11-13-24)17-6-4-5-9-21-17/h4-6,9,15-16H,7-8,10-14H2,1-3H3,(H,22,25)/t16-/m0/s1. The second kappa shape index (κ2) is 10.6. The van der Waals surface area contributed by atoms with E-state index in [-0.39, 0.29) is 30.6 Å². The Morgan fingerprint density at radius 1 is 1.14 bits per heavy atom. The van der Waals surface area contributed by atoms with E-state index in [0.29, 0.717) is 32.6 Å². The highest BCUT2D eigenvalue weighted by atomic mass is 16.5. The molecule has 1 aliphatic heterocycles. The molecule has 0 aromatic carbocycles. The predicted molar refractivity (Wildman–Crippen MR) is 106 cm³/mol. The minimum Gasteiger partial charge on any atom is -0.467 e. The van der Waals surface area contributed by atoms with Crippen molar-refractivity contribution in [1.29, 1.82) is 0 Å². The van der Waals surface area contributed by atoms with Crippen LogP contribution in [-0.2, 0) is 19.1 Å². The number of pyridine rings is 1. The molecule has 0 aliphatic carbocycles. The fourth-order valence-electron chi connectivity index (χ4n) is 3.20. The number of carbonyl (C=O) groups is 3. The Labute approximate surface area is 166 Å². The van der Waals surface area contributed by atoms with Crippen LogP contribution in [0.15, 0.2) is 24.4 Å². The molecule has 1 aliphatic rings. The summed E-state index contributed by atoms with van der Waals surface area (Å²) in [4.78, 5) is 44.6. The first kappa shape index (κ1) is 21.7. The average molecular weight is 390 g/mol. The van der Waals surface area contributed by atoms with Gasteiger partial charge in [0.1, 0.15) is 11.9 Å². The molecule has 8 heteroatoms. The second-order valence-electron chi connectivity index (χ2n) is 7.33.